The van der Waals surface area contributed by atoms with Gasteiger partial charge < -0.3 is 20.0 Å². The van der Waals surface area contributed by atoms with Gasteiger partial charge in [-0.05, 0) is 61.2 Å². The van der Waals surface area contributed by atoms with Crippen LogP contribution in [0.3, 0.4) is 0 Å². The van der Waals surface area contributed by atoms with Crippen LogP contribution in [-0.2, 0) is 6.54 Å². The Morgan fingerprint density at radius 3 is 2.41 bits per heavy atom. The maximum atomic E-state index is 12.1. The first-order valence-electron chi connectivity index (χ1n) is 9.74. The highest BCUT2D eigenvalue weighted by molar-refractivity contribution is 5.98. The molecule has 2 aromatic rings. The van der Waals surface area contributed by atoms with Crippen LogP contribution in [0, 0.1) is 0 Å². The summed E-state index contributed by atoms with van der Waals surface area (Å²) in [6, 6.07) is 12.6. The number of rotatable bonds is 4. The minimum absolute atomic E-state index is 0.109. The molecule has 2 aromatic carbocycles. The van der Waals surface area contributed by atoms with Crippen molar-refractivity contribution >= 4 is 28.7 Å². The number of benzene rings is 2. The molecule has 0 atom stereocenters. The van der Waals surface area contributed by atoms with Gasteiger partial charge in [0, 0.05) is 57.7 Å². The van der Waals surface area contributed by atoms with E-state index in [1.165, 1.54) is 30.6 Å². The molecular weight excluding hydrogens is 336 g/mol. The fourth-order valence-electron chi connectivity index (χ4n) is 4.07. The Bertz CT molecular complexity index is 855. The normalized spacial score (nSPS) is 16.5. The molecule has 5 nitrogen and oxygen atoms in total. The van der Waals surface area contributed by atoms with Crippen LogP contribution < -0.4 is 15.1 Å². The summed E-state index contributed by atoms with van der Waals surface area (Å²) in [4.78, 5) is 18.5. The number of hydrogen-bond donors (Lipinski definition) is 1. The number of carbonyl (C=O) groups is 1. The number of fused-ring (bicyclic) bond motifs is 1. The van der Waals surface area contributed by atoms with Crippen molar-refractivity contribution in [1.82, 2.24) is 4.90 Å². The lowest BCUT2D eigenvalue weighted by Crippen LogP contribution is -2.30. The molecular formula is C22H28N4O. The van der Waals surface area contributed by atoms with Crippen molar-refractivity contribution in [3.63, 3.8) is 0 Å². The summed E-state index contributed by atoms with van der Waals surface area (Å²) in [6.07, 6.45) is 3.88. The van der Waals surface area contributed by atoms with E-state index in [1.54, 1.807) is 4.90 Å². The van der Waals surface area contributed by atoms with Crippen molar-refractivity contribution in [3.8, 4) is 0 Å². The monoisotopic (exact) mass is 364 g/mol. The van der Waals surface area contributed by atoms with Crippen LogP contribution in [0.25, 0.3) is 0 Å². The molecule has 0 saturated carbocycles. The Kier molecular flexibility index (Phi) is 4.68. The highest BCUT2D eigenvalue weighted by atomic mass is 16.2. The van der Waals surface area contributed by atoms with Crippen molar-refractivity contribution in [2.24, 2.45) is 0 Å². The number of nitrogens with one attached hydrogen (secondary N) is 1. The summed E-state index contributed by atoms with van der Waals surface area (Å²) >= 11 is 0. The van der Waals surface area contributed by atoms with E-state index in [2.05, 4.69) is 53.5 Å². The van der Waals surface area contributed by atoms with E-state index in [-0.39, 0.29) is 5.91 Å². The van der Waals surface area contributed by atoms with Gasteiger partial charge in [-0.25, -0.2) is 0 Å². The molecule has 5 heteroatoms. The quantitative estimate of drug-likeness (QED) is 0.888. The molecule has 2 heterocycles. The molecule has 1 amide bonds. The van der Waals surface area contributed by atoms with Gasteiger partial charge in [0.15, 0.2) is 0 Å². The molecule has 0 radical (unpaired) electrons. The standard InChI is InChI=1S/C22H28N4O/c1-24(2)21-14-18(8-10-20(21)26-11-5-4-6-12-26)23-17-7-9-19-16(13-17)15-25(3)22(19)27/h7-10,13-14,23H,4-6,11-12,15H2,1-3H3. The lowest BCUT2D eigenvalue weighted by molar-refractivity contribution is 0.0816. The van der Waals surface area contributed by atoms with Crippen LogP contribution in [0.4, 0.5) is 22.7 Å². The maximum Gasteiger partial charge on any atom is 0.254 e. The Morgan fingerprint density at radius 2 is 1.67 bits per heavy atom. The SMILES string of the molecule is CN1Cc2cc(Nc3ccc(N4CCCCC4)c(N(C)C)c3)ccc2C1=O. The Morgan fingerprint density at radius 1 is 0.963 bits per heavy atom. The fraction of sp³-hybridized carbons (Fsp3) is 0.409. The molecule has 0 unspecified atom stereocenters. The predicted octanol–water partition coefficient (Wildman–Crippen LogP) is 4.07. The van der Waals surface area contributed by atoms with Gasteiger partial charge in [0.05, 0.1) is 11.4 Å². The first kappa shape index (κ1) is 17.7. The third kappa shape index (κ3) is 3.46. The van der Waals surface area contributed by atoms with Crippen molar-refractivity contribution in [2.45, 2.75) is 25.8 Å². The molecule has 0 aliphatic carbocycles. The zero-order valence-corrected chi connectivity index (χ0v) is 16.5. The van der Waals surface area contributed by atoms with E-state index < -0.39 is 0 Å². The van der Waals surface area contributed by atoms with Gasteiger partial charge in [-0.1, -0.05) is 0 Å². The molecule has 1 saturated heterocycles. The lowest BCUT2D eigenvalue weighted by Gasteiger charge is -2.32. The van der Waals surface area contributed by atoms with Gasteiger partial charge in [0.2, 0.25) is 0 Å². The Labute approximate surface area is 161 Å². The van der Waals surface area contributed by atoms with Crippen molar-refractivity contribution in [2.75, 3.05) is 49.3 Å². The van der Waals surface area contributed by atoms with E-state index in [1.807, 2.05) is 19.2 Å². The van der Waals surface area contributed by atoms with Gasteiger partial charge in [0.1, 0.15) is 0 Å². The second kappa shape index (κ2) is 7.14. The predicted molar refractivity (Wildman–Crippen MR) is 112 cm³/mol. The maximum absolute atomic E-state index is 12.1. The average molecular weight is 364 g/mol. The van der Waals surface area contributed by atoms with Crippen molar-refractivity contribution in [1.29, 1.82) is 0 Å². The smallest absolute Gasteiger partial charge is 0.254 e. The van der Waals surface area contributed by atoms with Crippen molar-refractivity contribution in [3.05, 3.63) is 47.5 Å². The van der Waals surface area contributed by atoms with Crippen LogP contribution in [0.15, 0.2) is 36.4 Å². The van der Waals surface area contributed by atoms with Crippen LogP contribution in [0.1, 0.15) is 35.2 Å². The summed E-state index contributed by atoms with van der Waals surface area (Å²) in [6.45, 7) is 2.96. The Hall–Kier alpha value is -2.69. The topological polar surface area (TPSA) is 38.8 Å². The summed E-state index contributed by atoms with van der Waals surface area (Å²) in [5, 5.41) is 3.51. The van der Waals surface area contributed by atoms with Gasteiger partial charge in [0.25, 0.3) is 5.91 Å². The lowest BCUT2D eigenvalue weighted by atomic mass is 10.1. The molecule has 142 valence electrons. The average Bonchev–Trinajstić information content (AvgIpc) is 2.96. The van der Waals surface area contributed by atoms with Gasteiger partial charge in [-0.15, -0.1) is 0 Å². The first-order valence-corrected chi connectivity index (χ1v) is 9.74. The second-order valence-electron chi connectivity index (χ2n) is 7.80. The number of anilines is 4. The molecule has 0 bridgehead atoms. The third-order valence-corrected chi connectivity index (χ3v) is 5.53. The summed E-state index contributed by atoms with van der Waals surface area (Å²) in [5.41, 5.74) is 6.54. The Balaban J connectivity index is 1.59. The number of piperidine rings is 1. The molecule has 2 aliphatic rings. The van der Waals surface area contributed by atoms with Crippen LogP contribution >= 0.6 is 0 Å². The van der Waals surface area contributed by atoms with E-state index in [9.17, 15) is 4.79 Å². The zero-order valence-electron chi connectivity index (χ0n) is 16.5. The van der Waals surface area contributed by atoms with Crippen LogP contribution in [0.2, 0.25) is 0 Å². The minimum Gasteiger partial charge on any atom is -0.376 e. The molecule has 1 fully saturated rings. The van der Waals surface area contributed by atoms with E-state index >= 15 is 0 Å². The summed E-state index contributed by atoms with van der Waals surface area (Å²) in [7, 11) is 6.05. The number of amides is 1. The minimum atomic E-state index is 0.109. The molecule has 4 rings (SSSR count). The van der Waals surface area contributed by atoms with Gasteiger partial charge >= 0.3 is 0 Å². The van der Waals surface area contributed by atoms with E-state index in [0.29, 0.717) is 6.54 Å². The molecule has 27 heavy (non-hydrogen) atoms. The highest BCUT2D eigenvalue weighted by Gasteiger charge is 2.24. The molecule has 2 aliphatic heterocycles. The summed E-state index contributed by atoms with van der Waals surface area (Å²) in [5.74, 6) is 0.109. The van der Waals surface area contributed by atoms with Gasteiger partial charge in [-0.2, -0.15) is 0 Å². The number of carbonyl (C=O) groups excluding carboxylic acids is 1. The van der Waals surface area contributed by atoms with Crippen LogP contribution in [-0.4, -0.2) is 45.0 Å². The highest BCUT2D eigenvalue weighted by Crippen LogP contribution is 2.34. The summed E-state index contributed by atoms with van der Waals surface area (Å²) < 4.78 is 0. The molecule has 0 aromatic heterocycles. The van der Waals surface area contributed by atoms with E-state index in [0.717, 1.165) is 35.6 Å². The second-order valence-corrected chi connectivity index (χ2v) is 7.80. The molecule has 0 spiro atoms. The molecule has 1 N–H and O–H groups in total. The van der Waals surface area contributed by atoms with Gasteiger partial charge in [-0.3, -0.25) is 4.79 Å². The largest absolute Gasteiger partial charge is 0.376 e. The number of hydrogen-bond acceptors (Lipinski definition) is 4. The van der Waals surface area contributed by atoms with Crippen LogP contribution in [0.5, 0.6) is 0 Å². The third-order valence-electron chi connectivity index (χ3n) is 5.53. The fourth-order valence-corrected chi connectivity index (χ4v) is 4.07. The first-order chi connectivity index (χ1) is 13.0. The van der Waals surface area contributed by atoms with E-state index in [4.69, 9.17) is 0 Å². The van der Waals surface area contributed by atoms with Crippen molar-refractivity contribution < 1.29 is 4.79 Å². The zero-order chi connectivity index (χ0) is 19.0. The number of nitrogens with zero attached hydrogens (tertiary/aromatic N) is 3.